The SMILES string of the molecule is CCC[C@H](N)CSc1ccc(C)cc1. The van der Waals surface area contributed by atoms with Gasteiger partial charge < -0.3 is 5.73 Å². The minimum atomic E-state index is 0.339. The van der Waals surface area contributed by atoms with Crippen molar-refractivity contribution in [2.24, 2.45) is 5.73 Å². The zero-order chi connectivity index (χ0) is 10.4. The number of hydrogen-bond acceptors (Lipinski definition) is 2. The third-order valence-corrected chi connectivity index (χ3v) is 3.34. The van der Waals surface area contributed by atoms with Crippen molar-refractivity contribution in [3.8, 4) is 0 Å². The van der Waals surface area contributed by atoms with Crippen molar-refractivity contribution in [1.82, 2.24) is 0 Å². The van der Waals surface area contributed by atoms with E-state index >= 15 is 0 Å². The fourth-order valence-corrected chi connectivity index (χ4v) is 2.19. The third-order valence-electron chi connectivity index (χ3n) is 2.14. The van der Waals surface area contributed by atoms with Crippen molar-refractivity contribution >= 4 is 11.8 Å². The monoisotopic (exact) mass is 209 g/mol. The summed E-state index contributed by atoms with van der Waals surface area (Å²) in [5, 5.41) is 0. The molecule has 0 amide bonds. The van der Waals surface area contributed by atoms with Crippen molar-refractivity contribution in [2.45, 2.75) is 37.6 Å². The first kappa shape index (κ1) is 11.6. The van der Waals surface area contributed by atoms with Gasteiger partial charge in [0.05, 0.1) is 0 Å². The van der Waals surface area contributed by atoms with Crippen LogP contribution in [0, 0.1) is 6.92 Å². The average molecular weight is 209 g/mol. The smallest absolute Gasteiger partial charge is 0.0133 e. The topological polar surface area (TPSA) is 26.0 Å². The van der Waals surface area contributed by atoms with Crippen LogP contribution in [0.5, 0.6) is 0 Å². The first-order chi connectivity index (χ1) is 6.72. The number of aryl methyl sites for hydroxylation is 1. The van der Waals surface area contributed by atoms with Crippen LogP contribution in [0.3, 0.4) is 0 Å². The molecule has 1 atom stereocenters. The van der Waals surface area contributed by atoms with Crippen molar-refractivity contribution in [3.05, 3.63) is 29.8 Å². The van der Waals surface area contributed by atoms with Crippen LogP contribution in [-0.4, -0.2) is 11.8 Å². The molecular formula is C12H19NS. The molecule has 1 rings (SSSR count). The molecule has 0 spiro atoms. The number of hydrogen-bond donors (Lipinski definition) is 1. The quantitative estimate of drug-likeness (QED) is 0.754. The lowest BCUT2D eigenvalue weighted by Crippen LogP contribution is -2.22. The maximum Gasteiger partial charge on any atom is 0.0133 e. The standard InChI is InChI=1S/C12H19NS/c1-3-4-11(13)9-14-12-7-5-10(2)6-8-12/h5-8,11H,3-4,9,13H2,1-2H3/t11-/m0/s1. The van der Waals surface area contributed by atoms with Crippen LogP contribution in [0.1, 0.15) is 25.3 Å². The molecule has 0 unspecified atom stereocenters. The van der Waals surface area contributed by atoms with E-state index in [1.807, 2.05) is 11.8 Å². The Kier molecular flexibility index (Phi) is 5.05. The molecule has 14 heavy (non-hydrogen) atoms. The second-order valence-electron chi connectivity index (χ2n) is 3.67. The summed E-state index contributed by atoms with van der Waals surface area (Å²) in [6.07, 6.45) is 2.30. The van der Waals surface area contributed by atoms with E-state index in [2.05, 4.69) is 38.1 Å². The molecule has 0 saturated heterocycles. The molecule has 0 saturated carbocycles. The van der Waals surface area contributed by atoms with E-state index in [0.717, 1.165) is 12.2 Å². The van der Waals surface area contributed by atoms with Crippen molar-refractivity contribution in [2.75, 3.05) is 5.75 Å². The average Bonchev–Trinajstić information content (AvgIpc) is 2.17. The Morgan fingerprint density at radius 3 is 2.50 bits per heavy atom. The highest BCUT2D eigenvalue weighted by Gasteiger charge is 2.01. The molecule has 1 aromatic rings. The number of nitrogens with two attached hydrogens (primary N) is 1. The maximum atomic E-state index is 5.94. The predicted octanol–water partition coefficient (Wildman–Crippen LogP) is 3.21. The van der Waals surface area contributed by atoms with E-state index in [9.17, 15) is 0 Å². The fraction of sp³-hybridized carbons (Fsp3) is 0.500. The molecule has 0 aliphatic heterocycles. The summed E-state index contributed by atoms with van der Waals surface area (Å²) in [4.78, 5) is 1.32. The summed E-state index contributed by atoms with van der Waals surface area (Å²) in [6, 6.07) is 8.96. The Bertz CT molecular complexity index is 256. The van der Waals surface area contributed by atoms with E-state index in [4.69, 9.17) is 5.73 Å². The Morgan fingerprint density at radius 1 is 1.29 bits per heavy atom. The van der Waals surface area contributed by atoms with E-state index < -0.39 is 0 Å². The minimum absolute atomic E-state index is 0.339. The predicted molar refractivity (Wildman–Crippen MR) is 64.8 cm³/mol. The Balaban J connectivity index is 2.34. The van der Waals surface area contributed by atoms with Gasteiger partial charge in [-0.15, -0.1) is 11.8 Å². The van der Waals surface area contributed by atoms with Gasteiger partial charge in [0.15, 0.2) is 0 Å². The van der Waals surface area contributed by atoms with Gasteiger partial charge in [0.2, 0.25) is 0 Å². The largest absolute Gasteiger partial charge is 0.327 e. The van der Waals surface area contributed by atoms with Gasteiger partial charge in [-0.2, -0.15) is 0 Å². The first-order valence-corrected chi connectivity index (χ1v) is 6.16. The molecule has 1 aromatic carbocycles. The Labute approximate surface area is 91.1 Å². The lowest BCUT2D eigenvalue weighted by molar-refractivity contribution is 0.661. The third kappa shape index (κ3) is 4.16. The highest BCUT2D eigenvalue weighted by atomic mass is 32.2. The second kappa shape index (κ2) is 6.10. The van der Waals surface area contributed by atoms with Crippen LogP contribution in [0.4, 0.5) is 0 Å². The summed E-state index contributed by atoms with van der Waals surface area (Å²) >= 11 is 1.85. The van der Waals surface area contributed by atoms with Gasteiger partial charge in [-0.25, -0.2) is 0 Å². The van der Waals surface area contributed by atoms with Gasteiger partial charge in [0.25, 0.3) is 0 Å². The van der Waals surface area contributed by atoms with Gasteiger partial charge in [-0.05, 0) is 25.5 Å². The van der Waals surface area contributed by atoms with Gasteiger partial charge in [0, 0.05) is 16.7 Å². The molecule has 78 valence electrons. The summed E-state index contributed by atoms with van der Waals surface area (Å²) in [7, 11) is 0. The number of benzene rings is 1. The summed E-state index contributed by atoms with van der Waals surface area (Å²) in [6.45, 7) is 4.29. The molecule has 0 aliphatic rings. The lowest BCUT2D eigenvalue weighted by Gasteiger charge is -2.09. The molecular weight excluding hydrogens is 190 g/mol. The highest BCUT2D eigenvalue weighted by Crippen LogP contribution is 2.19. The van der Waals surface area contributed by atoms with Gasteiger partial charge in [-0.1, -0.05) is 31.0 Å². The van der Waals surface area contributed by atoms with E-state index in [1.165, 1.54) is 16.9 Å². The Hall–Kier alpha value is -0.470. The highest BCUT2D eigenvalue weighted by molar-refractivity contribution is 7.99. The van der Waals surface area contributed by atoms with Crippen molar-refractivity contribution in [3.63, 3.8) is 0 Å². The Morgan fingerprint density at radius 2 is 1.93 bits per heavy atom. The number of rotatable bonds is 5. The lowest BCUT2D eigenvalue weighted by atomic mass is 10.2. The summed E-state index contributed by atoms with van der Waals surface area (Å²) < 4.78 is 0. The molecule has 0 radical (unpaired) electrons. The zero-order valence-corrected chi connectivity index (χ0v) is 9.81. The van der Waals surface area contributed by atoms with Gasteiger partial charge in [-0.3, -0.25) is 0 Å². The summed E-state index contributed by atoms with van der Waals surface area (Å²) in [5.41, 5.74) is 7.25. The molecule has 1 nitrogen and oxygen atoms in total. The molecule has 0 aromatic heterocycles. The molecule has 2 N–H and O–H groups in total. The summed E-state index contributed by atoms with van der Waals surface area (Å²) in [5.74, 6) is 1.02. The van der Waals surface area contributed by atoms with Crippen LogP contribution in [-0.2, 0) is 0 Å². The molecule has 0 aliphatic carbocycles. The molecule has 0 heterocycles. The normalized spacial score (nSPS) is 12.8. The zero-order valence-electron chi connectivity index (χ0n) is 8.99. The van der Waals surface area contributed by atoms with Crippen LogP contribution >= 0.6 is 11.8 Å². The van der Waals surface area contributed by atoms with Crippen molar-refractivity contribution in [1.29, 1.82) is 0 Å². The van der Waals surface area contributed by atoms with Crippen LogP contribution in [0.25, 0.3) is 0 Å². The molecule has 2 heteroatoms. The van der Waals surface area contributed by atoms with Crippen LogP contribution < -0.4 is 5.73 Å². The van der Waals surface area contributed by atoms with E-state index in [1.54, 1.807) is 0 Å². The van der Waals surface area contributed by atoms with Crippen molar-refractivity contribution < 1.29 is 0 Å². The molecule has 0 fully saturated rings. The van der Waals surface area contributed by atoms with Gasteiger partial charge >= 0.3 is 0 Å². The fourth-order valence-electron chi connectivity index (χ4n) is 1.29. The van der Waals surface area contributed by atoms with E-state index in [-0.39, 0.29) is 0 Å². The number of thioether (sulfide) groups is 1. The second-order valence-corrected chi connectivity index (χ2v) is 4.77. The maximum absolute atomic E-state index is 5.94. The first-order valence-electron chi connectivity index (χ1n) is 5.17. The van der Waals surface area contributed by atoms with E-state index in [0.29, 0.717) is 6.04 Å². The van der Waals surface area contributed by atoms with Gasteiger partial charge in [0.1, 0.15) is 0 Å². The van der Waals surface area contributed by atoms with Crippen LogP contribution in [0.15, 0.2) is 29.2 Å². The molecule has 0 bridgehead atoms. The minimum Gasteiger partial charge on any atom is -0.327 e. The van der Waals surface area contributed by atoms with Crippen LogP contribution in [0.2, 0.25) is 0 Å².